The zero-order valence-corrected chi connectivity index (χ0v) is 15.8. The Balaban J connectivity index is 2.13. The minimum Gasteiger partial charge on any atom is -0.361 e. The molecule has 0 aliphatic carbocycles. The fourth-order valence-electron chi connectivity index (χ4n) is 3.21. The van der Waals surface area contributed by atoms with Crippen LogP contribution in [0.2, 0.25) is 0 Å². The third-order valence-electron chi connectivity index (χ3n) is 4.52. The van der Waals surface area contributed by atoms with Crippen molar-refractivity contribution in [3.63, 3.8) is 0 Å². The predicted octanol–water partition coefficient (Wildman–Crippen LogP) is 2.76. The van der Waals surface area contributed by atoms with Crippen LogP contribution in [0.25, 0.3) is 10.9 Å². The van der Waals surface area contributed by atoms with E-state index >= 15 is 0 Å². The zero-order valence-electron chi connectivity index (χ0n) is 15.8. The van der Waals surface area contributed by atoms with Crippen molar-refractivity contribution < 1.29 is 0 Å². The normalized spacial score (nSPS) is 14.6. The summed E-state index contributed by atoms with van der Waals surface area (Å²) in [5.74, 6) is 5.80. The summed E-state index contributed by atoms with van der Waals surface area (Å²) < 4.78 is 0. The van der Waals surface area contributed by atoms with Gasteiger partial charge in [0.25, 0.3) is 0 Å². The molecule has 1 aliphatic rings. The van der Waals surface area contributed by atoms with Crippen molar-refractivity contribution in [2.24, 2.45) is 0 Å². The van der Waals surface area contributed by atoms with Crippen LogP contribution < -0.4 is 5.32 Å². The number of aromatic amines is 1. The van der Waals surface area contributed by atoms with E-state index in [0.29, 0.717) is 23.4 Å². The Morgan fingerprint density at radius 3 is 2.37 bits per heavy atom. The number of hydrogen-bond donors (Lipinski definition) is 2. The van der Waals surface area contributed by atoms with Gasteiger partial charge in [0.2, 0.25) is 0 Å². The molecule has 2 aromatic rings. The molecular weight excluding hydrogens is 336 g/mol. The van der Waals surface area contributed by atoms with E-state index in [-0.39, 0.29) is 5.92 Å². The first-order chi connectivity index (χ1) is 13.0. The van der Waals surface area contributed by atoms with Crippen molar-refractivity contribution in [2.75, 3.05) is 20.6 Å². The molecule has 1 aromatic carbocycles. The van der Waals surface area contributed by atoms with Gasteiger partial charge < -0.3 is 5.32 Å². The van der Waals surface area contributed by atoms with E-state index in [9.17, 15) is 10.5 Å². The van der Waals surface area contributed by atoms with Gasteiger partial charge in [0, 0.05) is 16.8 Å². The van der Waals surface area contributed by atoms with E-state index in [0.717, 1.165) is 27.9 Å². The van der Waals surface area contributed by atoms with E-state index in [2.05, 4.69) is 39.5 Å². The maximum atomic E-state index is 9.66. The summed E-state index contributed by atoms with van der Waals surface area (Å²) in [5.41, 5.74) is 5.09. The van der Waals surface area contributed by atoms with Gasteiger partial charge in [-0.25, -0.2) is 0 Å². The lowest BCUT2D eigenvalue weighted by Gasteiger charge is -2.26. The molecule has 134 valence electrons. The fraction of sp³-hybridized carbons (Fsp3) is 0.286. The lowest BCUT2D eigenvalue weighted by Crippen LogP contribution is -2.23. The molecule has 1 aromatic heterocycles. The van der Waals surface area contributed by atoms with E-state index in [4.69, 9.17) is 0 Å². The van der Waals surface area contributed by atoms with Crippen LogP contribution in [0.1, 0.15) is 31.0 Å². The molecule has 0 atom stereocenters. The van der Waals surface area contributed by atoms with Crippen molar-refractivity contribution in [1.82, 2.24) is 20.4 Å². The quantitative estimate of drug-likeness (QED) is 0.807. The number of allylic oxidation sites excluding steroid dienone is 4. The standard InChI is InChI=1S/C21H20N6/c1-13-17(11-22)21(18(12-23)14(2)24-13)15-7-8-20-16(10-15)19(25-26-20)6-5-9-27(3)4/h7-8,10,21,24H,9H2,1-4H3,(H,25,26). The smallest absolute Gasteiger partial charge is 0.142 e. The molecule has 0 bridgehead atoms. The summed E-state index contributed by atoms with van der Waals surface area (Å²) in [6.45, 7) is 4.36. The molecule has 0 amide bonds. The number of H-pyrrole nitrogens is 1. The molecule has 0 saturated carbocycles. The number of dihydropyridines is 1. The molecule has 0 spiro atoms. The molecule has 2 heterocycles. The molecule has 0 radical (unpaired) electrons. The summed E-state index contributed by atoms with van der Waals surface area (Å²) >= 11 is 0. The van der Waals surface area contributed by atoms with Crippen LogP contribution in [0.4, 0.5) is 0 Å². The highest BCUT2D eigenvalue weighted by molar-refractivity contribution is 5.85. The Hall–Kier alpha value is -3.53. The lowest BCUT2D eigenvalue weighted by atomic mass is 9.81. The van der Waals surface area contributed by atoms with Crippen LogP contribution in [0, 0.1) is 34.5 Å². The van der Waals surface area contributed by atoms with Crippen molar-refractivity contribution in [3.8, 4) is 24.0 Å². The third-order valence-corrected chi connectivity index (χ3v) is 4.52. The lowest BCUT2D eigenvalue weighted by molar-refractivity contribution is 0.464. The van der Waals surface area contributed by atoms with Crippen molar-refractivity contribution in [2.45, 2.75) is 19.8 Å². The van der Waals surface area contributed by atoms with E-state index in [1.54, 1.807) is 0 Å². The van der Waals surface area contributed by atoms with Crippen LogP contribution >= 0.6 is 0 Å². The number of aromatic nitrogens is 2. The van der Waals surface area contributed by atoms with Gasteiger partial charge in [-0.2, -0.15) is 15.6 Å². The van der Waals surface area contributed by atoms with Crippen LogP contribution in [0.3, 0.4) is 0 Å². The van der Waals surface area contributed by atoms with Gasteiger partial charge in [-0.3, -0.25) is 10.00 Å². The molecule has 1 aliphatic heterocycles. The first kappa shape index (κ1) is 18.3. The van der Waals surface area contributed by atoms with Crippen LogP contribution in [0.5, 0.6) is 0 Å². The second-order valence-corrected chi connectivity index (χ2v) is 6.78. The largest absolute Gasteiger partial charge is 0.361 e. The Bertz CT molecular complexity index is 1070. The van der Waals surface area contributed by atoms with Crippen LogP contribution in [-0.4, -0.2) is 35.7 Å². The van der Waals surface area contributed by atoms with Gasteiger partial charge >= 0.3 is 0 Å². The number of hydrogen-bond acceptors (Lipinski definition) is 5. The number of rotatable bonds is 2. The van der Waals surface area contributed by atoms with Crippen LogP contribution in [0.15, 0.2) is 40.7 Å². The van der Waals surface area contributed by atoms with Crippen LogP contribution in [-0.2, 0) is 0 Å². The highest BCUT2D eigenvalue weighted by Gasteiger charge is 2.29. The summed E-state index contributed by atoms with van der Waals surface area (Å²) in [7, 11) is 3.92. The van der Waals surface area contributed by atoms with Gasteiger partial charge in [0.05, 0.1) is 41.3 Å². The first-order valence-corrected chi connectivity index (χ1v) is 8.56. The second-order valence-electron chi connectivity index (χ2n) is 6.78. The summed E-state index contributed by atoms with van der Waals surface area (Å²) in [5, 5.41) is 30.6. The van der Waals surface area contributed by atoms with E-state index < -0.39 is 0 Å². The predicted molar refractivity (Wildman–Crippen MR) is 104 cm³/mol. The average molecular weight is 356 g/mol. The number of nitrogens with one attached hydrogen (secondary N) is 2. The minimum absolute atomic E-state index is 0.386. The SMILES string of the molecule is CC1=C(C#N)C(c2ccc3[nH]nc(C#CCN(C)C)c3c2)C(C#N)=C(C)N1. The maximum absolute atomic E-state index is 9.66. The highest BCUT2D eigenvalue weighted by Crippen LogP contribution is 2.38. The van der Waals surface area contributed by atoms with Gasteiger partial charge in [-0.15, -0.1) is 0 Å². The third kappa shape index (κ3) is 3.42. The van der Waals surface area contributed by atoms with Gasteiger partial charge in [-0.05, 0) is 51.6 Å². The molecule has 0 fully saturated rings. The number of nitriles is 2. The Labute approximate surface area is 158 Å². The topological polar surface area (TPSA) is 91.5 Å². The average Bonchev–Trinajstić information content (AvgIpc) is 3.03. The monoisotopic (exact) mass is 356 g/mol. The van der Waals surface area contributed by atoms with Crippen molar-refractivity contribution in [1.29, 1.82) is 10.5 Å². The summed E-state index contributed by atoms with van der Waals surface area (Å²) in [6, 6.07) is 10.4. The molecular formula is C21H20N6. The van der Waals surface area contributed by atoms with Gasteiger partial charge in [0.15, 0.2) is 0 Å². The number of nitrogens with zero attached hydrogens (tertiary/aromatic N) is 4. The molecule has 6 nitrogen and oxygen atoms in total. The van der Waals surface area contributed by atoms with E-state index in [1.807, 2.05) is 51.0 Å². The molecule has 27 heavy (non-hydrogen) atoms. The Morgan fingerprint density at radius 1 is 1.11 bits per heavy atom. The Kier molecular flexibility index (Phi) is 4.99. The zero-order chi connectivity index (χ0) is 19.6. The maximum Gasteiger partial charge on any atom is 0.142 e. The number of benzene rings is 1. The minimum atomic E-state index is -0.386. The molecule has 3 rings (SSSR count). The molecule has 6 heteroatoms. The molecule has 0 unspecified atom stereocenters. The molecule has 2 N–H and O–H groups in total. The molecule has 0 saturated heterocycles. The van der Waals surface area contributed by atoms with Gasteiger partial charge in [-0.1, -0.05) is 12.0 Å². The van der Waals surface area contributed by atoms with Gasteiger partial charge in [0.1, 0.15) is 5.69 Å². The highest BCUT2D eigenvalue weighted by atomic mass is 15.1. The van der Waals surface area contributed by atoms with Crippen molar-refractivity contribution >= 4 is 10.9 Å². The second kappa shape index (κ2) is 7.38. The summed E-state index contributed by atoms with van der Waals surface area (Å²) in [4.78, 5) is 1.99. The number of fused-ring (bicyclic) bond motifs is 1. The van der Waals surface area contributed by atoms with E-state index in [1.165, 1.54) is 0 Å². The van der Waals surface area contributed by atoms with Crippen molar-refractivity contribution in [3.05, 3.63) is 52.0 Å². The first-order valence-electron chi connectivity index (χ1n) is 8.56. The summed E-state index contributed by atoms with van der Waals surface area (Å²) in [6.07, 6.45) is 0. The Morgan fingerprint density at radius 2 is 1.78 bits per heavy atom. The fourth-order valence-corrected chi connectivity index (χ4v) is 3.21.